The number of likely N-dealkylation sites (N-methyl/N-ethyl adjacent to an activating group) is 1. The van der Waals surface area contributed by atoms with Crippen LogP contribution in [0.1, 0.15) is 34.1 Å². The Morgan fingerprint density at radius 2 is 1.50 bits per heavy atom. The number of rotatable bonds is 8. The van der Waals surface area contributed by atoms with Crippen molar-refractivity contribution < 1.29 is 9.59 Å². The average molecular weight is 361 g/mol. The smallest absolute Gasteiger partial charge is 0.253 e. The lowest BCUT2D eigenvalue weighted by Gasteiger charge is -2.28. The molecule has 0 saturated carbocycles. The Labute approximate surface area is 156 Å². The quantitative estimate of drug-likeness (QED) is 0.721. The summed E-state index contributed by atoms with van der Waals surface area (Å²) < 4.78 is 0. The highest BCUT2D eigenvalue weighted by molar-refractivity contribution is 6.20. The van der Waals surface area contributed by atoms with Crippen LogP contribution >= 0.6 is 0 Å². The number of fused-ring (bicyclic) bond motifs is 1. The standard InChI is InChI=1S/C20H32N4O2/c1-5-22(6-2)13-14-24-17-10-8-7-9-16(17)23(12-11-15(3)4)19(25)18(21)20(24)26/h7-10,15,18H,5-6,11-14,21H2,1-4H3. The van der Waals surface area contributed by atoms with Gasteiger partial charge >= 0.3 is 0 Å². The van der Waals surface area contributed by atoms with Crippen LogP contribution in [0.3, 0.4) is 0 Å². The van der Waals surface area contributed by atoms with E-state index < -0.39 is 6.04 Å². The Balaban J connectivity index is 2.37. The van der Waals surface area contributed by atoms with Crippen molar-refractivity contribution in [3.63, 3.8) is 0 Å². The third-order valence-corrected chi connectivity index (χ3v) is 4.99. The minimum atomic E-state index is -1.15. The molecule has 1 unspecified atom stereocenters. The van der Waals surface area contributed by atoms with E-state index in [4.69, 9.17) is 5.73 Å². The summed E-state index contributed by atoms with van der Waals surface area (Å²) in [5.41, 5.74) is 7.61. The maximum absolute atomic E-state index is 12.9. The lowest BCUT2D eigenvalue weighted by Crippen LogP contribution is -2.52. The highest BCUT2D eigenvalue weighted by Crippen LogP contribution is 2.33. The number of hydrogen-bond donors (Lipinski definition) is 1. The first kappa shape index (κ1) is 20.4. The molecule has 1 aromatic rings. The van der Waals surface area contributed by atoms with Crippen molar-refractivity contribution in [2.24, 2.45) is 11.7 Å². The van der Waals surface area contributed by atoms with E-state index in [1.165, 1.54) is 0 Å². The van der Waals surface area contributed by atoms with Crippen molar-refractivity contribution in [2.45, 2.75) is 40.2 Å². The van der Waals surface area contributed by atoms with Gasteiger partial charge in [0.15, 0.2) is 6.04 Å². The fourth-order valence-electron chi connectivity index (χ4n) is 3.23. The van der Waals surface area contributed by atoms with E-state index in [-0.39, 0.29) is 11.8 Å². The molecule has 6 heteroatoms. The van der Waals surface area contributed by atoms with Crippen LogP contribution < -0.4 is 15.5 Å². The Bertz CT molecular complexity index is 628. The number of nitrogens with zero attached hydrogens (tertiary/aromatic N) is 3. The van der Waals surface area contributed by atoms with E-state index in [0.29, 0.717) is 19.0 Å². The van der Waals surface area contributed by atoms with E-state index in [1.54, 1.807) is 9.80 Å². The average Bonchev–Trinajstić information content (AvgIpc) is 2.71. The molecule has 26 heavy (non-hydrogen) atoms. The zero-order valence-corrected chi connectivity index (χ0v) is 16.4. The molecule has 0 aromatic heterocycles. The fraction of sp³-hybridized carbons (Fsp3) is 0.600. The number of carbonyl (C=O) groups excluding carboxylic acids is 2. The summed E-state index contributed by atoms with van der Waals surface area (Å²) in [6.45, 7) is 12.1. The van der Waals surface area contributed by atoms with Gasteiger partial charge in [-0.1, -0.05) is 39.8 Å². The molecule has 144 valence electrons. The molecule has 1 aromatic carbocycles. The molecule has 2 N–H and O–H groups in total. The van der Waals surface area contributed by atoms with Gasteiger partial charge in [-0.3, -0.25) is 9.59 Å². The zero-order valence-electron chi connectivity index (χ0n) is 16.4. The molecule has 0 fully saturated rings. The summed E-state index contributed by atoms with van der Waals surface area (Å²) in [6, 6.07) is 6.47. The fourth-order valence-corrected chi connectivity index (χ4v) is 3.23. The van der Waals surface area contributed by atoms with E-state index in [0.717, 1.165) is 37.4 Å². The van der Waals surface area contributed by atoms with Gasteiger partial charge in [0.25, 0.3) is 11.8 Å². The van der Waals surface area contributed by atoms with Gasteiger partial charge in [-0.05, 0) is 37.6 Å². The molecular weight excluding hydrogens is 328 g/mol. The van der Waals surface area contributed by atoms with Gasteiger partial charge in [-0.25, -0.2) is 0 Å². The first-order chi connectivity index (χ1) is 12.4. The van der Waals surface area contributed by atoms with Crippen molar-refractivity contribution in [3.8, 4) is 0 Å². The van der Waals surface area contributed by atoms with Crippen molar-refractivity contribution in [1.82, 2.24) is 4.90 Å². The molecule has 1 aliphatic heterocycles. The van der Waals surface area contributed by atoms with E-state index >= 15 is 0 Å². The van der Waals surface area contributed by atoms with Gasteiger partial charge in [0, 0.05) is 19.6 Å². The topological polar surface area (TPSA) is 69.9 Å². The summed E-state index contributed by atoms with van der Waals surface area (Å²) in [6.07, 6.45) is 0.862. The predicted molar refractivity (Wildman–Crippen MR) is 106 cm³/mol. The largest absolute Gasteiger partial charge is 0.312 e. The van der Waals surface area contributed by atoms with Crippen LogP contribution in [0.4, 0.5) is 11.4 Å². The van der Waals surface area contributed by atoms with Crippen LogP contribution in [-0.2, 0) is 9.59 Å². The van der Waals surface area contributed by atoms with Crippen LogP contribution in [-0.4, -0.2) is 55.5 Å². The number of benzene rings is 1. The maximum Gasteiger partial charge on any atom is 0.253 e. The number of anilines is 2. The molecule has 0 aliphatic carbocycles. The van der Waals surface area contributed by atoms with Crippen LogP contribution in [0.2, 0.25) is 0 Å². The first-order valence-electron chi connectivity index (χ1n) is 9.60. The molecule has 0 saturated heterocycles. The molecule has 6 nitrogen and oxygen atoms in total. The van der Waals surface area contributed by atoms with Gasteiger partial charge in [0.1, 0.15) is 0 Å². The molecule has 2 rings (SSSR count). The number of carbonyl (C=O) groups is 2. The highest BCUT2D eigenvalue weighted by atomic mass is 16.2. The summed E-state index contributed by atoms with van der Waals surface area (Å²) in [5.74, 6) is -0.168. The summed E-state index contributed by atoms with van der Waals surface area (Å²) in [4.78, 5) is 31.4. The second-order valence-corrected chi connectivity index (χ2v) is 7.16. The van der Waals surface area contributed by atoms with Gasteiger partial charge in [-0.15, -0.1) is 0 Å². The van der Waals surface area contributed by atoms with Crippen LogP contribution in [0.5, 0.6) is 0 Å². The first-order valence-corrected chi connectivity index (χ1v) is 9.60. The number of amides is 2. The molecule has 1 atom stereocenters. The summed E-state index contributed by atoms with van der Waals surface area (Å²) >= 11 is 0. The summed E-state index contributed by atoms with van der Waals surface area (Å²) in [7, 11) is 0. The minimum absolute atomic E-state index is 0.312. The SMILES string of the molecule is CCN(CC)CCN1C(=O)C(N)C(=O)N(CCC(C)C)c2ccccc21. The Kier molecular flexibility index (Phi) is 7.17. The van der Waals surface area contributed by atoms with Crippen LogP contribution in [0, 0.1) is 5.92 Å². The molecule has 2 amide bonds. The minimum Gasteiger partial charge on any atom is -0.312 e. The molecule has 1 aliphatic rings. The lowest BCUT2D eigenvalue weighted by molar-refractivity contribution is -0.128. The monoisotopic (exact) mass is 360 g/mol. The van der Waals surface area contributed by atoms with Crippen LogP contribution in [0.25, 0.3) is 0 Å². The molecule has 0 radical (unpaired) electrons. The molecule has 1 heterocycles. The second kappa shape index (κ2) is 9.14. The van der Waals surface area contributed by atoms with Gasteiger partial charge < -0.3 is 20.4 Å². The zero-order chi connectivity index (χ0) is 19.3. The summed E-state index contributed by atoms with van der Waals surface area (Å²) in [5, 5.41) is 0. The maximum atomic E-state index is 12.9. The third-order valence-electron chi connectivity index (χ3n) is 4.99. The third kappa shape index (κ3) is 4.43. The number of hydrogen-bond acceptors (Lipinski definition) is 4. The second-order valence-electron chi connectivity index (χ2n) is 7.16. The van der Waals surface area contributed by atoms with E-state index in [1.807, 2.05) is 24.3 Å². The lowest BCUT2D eigenvalue weighted by atomic mass is 10.1. The molecular formula is C20H32N4O2. The Morgan fingerprint density at radius 3 is 1.96 bits per heavy atom. The van der Waals surface area contributed by atoms with Crippen molar-refractivity contribution in [2.75, 3.05) is 42.5 Å². The molecule has 0 bridgehead atoms. The van der Waals surface area contributed by atoms with Crippen molar-refractivity contribution in [3.05, 3.63) is 24.3 Å². The Hall–Kier alpha value is -1.92. The van der Waals surface area contributed by atoms with Crippen LogP contribution in [0.15, 0.2) is 24.3 Å². The van der Waals surface area contributed by atoms with Crippen molar-refractivity contribution in [1.29, 1.82) is 0 Å². The molecule has 0 spiro atoms. The van der Waals surface area contributed by atoms with Gasteiger partial charge in [0.05, 0.1) is 11.4 Å². The number of nitrogens with two attached hydrogens (primary N) is 1. The predicted octanol–water partition coefficient (Wildman–Crippen LogP) is 2.08. The van der Waals surface area contributed by atoms with Gasteiger partial charge in [-0.2, -0.15) is 0 Å². The Morgan fingerprint density at radius 1 is 1.00 bits per heavy atom. The highest BCUT2D eigenvalue weighted by Gasteiger charge is 2.37. The van der Waals surface area contributed by atoms with Gasteiger partial charge in [0.2, 0.25) is 0 Å². The van der Waals surface area contributed by atoms with E-state index in [9.17, 15) is 9.59 Å². The number of para-hydroxylation sites is 2. The van der Waals surface area contributed by atoms with E-state index in [2.05, 4.69) is 32.6 Å². The normalized spacial score (nSPS) is 17.9. The van der Waals surface area contributed by atoms with Crippen molar-refractivity contribution >= 4 is 23.2 Å².